The highest BCUT2D eigenvalue weighted by atomic mass is 19.1. The third-order valence-corrected chi connectivity index (χ3v) is 3.54. The number of methoxy groups -OCH3 is 1. The van der Waals surface area contributed by atoms with Gasteiger partial charge in [-0.2, -0.15) is 0 Å². The summed E-state index contributed by atoms with van der Waals surface area (Å²) in [6.07, 6.45) is 0. The summed E-state index contributed by atoms with van der Waals surface area (Å²) in [5, 5.41) is 0. The molecule has 0 bridgehead atoms. The van der Waals surface area contributed by atoms with Gasteiger partial charge in [-0.05, 0) is 30.3 Å². The van der Waals surface area contributed by atoms with E-state index in [1.54, 1.807) is 49.5 Å². The molecule has 2 rings (SSSR count). The van der Waals surface area contributed by atoms with E-state index in [4.69, 9.17) is 4.74 Å². The number of halogens is 1. The number of amides is 2. The van der Waals surface area contributed by atoms with Gasteiger partial charge in [0.1, 0.15) is 6.54 Å². The first-order valence-electron chi connectivity index (χ1n) is 7.77. The standard InChI is InChI=1S/C18H20FN3O3/c1-22(11-13-8-9-16(25-2)15(19)10-13)12-17(23)20-21-18(24)14-6-4-3-5-7-14/h3-10H,11-12H2,1-2H3,(H,20,23)(H,21,24)/p+1. The minimum absolute atomic E-state index is 0.128. The van der Waals surface area contributed by atoms with E-state index < -0.39 is 5.82 Å². The molecule has 0 aliphatic rings. The molecule has 0 saturated heterocycles. The first-order valence-corrected chi connectivity index (χ1v) is 7.77. The zero-order valence-corrected chi connectivity index (χ0v) is 14.1. The predicted molar refractivity (Wildman–Crippen MR) is 90.5 cm³/mol. The SMILES string of the molecule is COc1ccc(C[NH+](C)CC(=O)NNC(=O)c2ccccc2)cc1F. The van der Waals surface area contributed by atoms with Crippen molar-refractivity contribution in [2.45, 2.75) is 6.54 Å². The highest BCUT2D eigenvalue weighted by Crippen LogP contribution is 2.16. The molecular weight excluding hydrogens is 325 g/mol. The topological polar surface area (TPSA) is 71.9 Å². The van der Waals surface area contributed by atoms with Gasteiger partial charge in [-0.3, -0.25) is 20.4 Å². The number of carbonyl (C=O) groups excluding carboxylic acids is 2. The van der Waals surface area contributed by atoms with E-state index in [-0.39, 0.29) is 24.1 Å². The van der Waals surface area contributed by atoms with E-state index in [2.05, 4.69) is 10.9 Å². The number of hydrogen-bond donors (Lipinski definition) is 3. The van der Waals surface area contributed by atoms with E-state index >= 15 is 0 Å². The quantitative estimate of drug-likeness (QED) is 0.660. The molecule has 0 aliphatic carbocycles. The fourth-order valence-electron chi connectivity index (χ4n) is 2.34. The van der Waals surface area contributed by atoms with Crippen LogP contribution in [0.1, 0.15) is 15.9 Å². The van der Waals surface area contributed by atoms with Crippen LogP contribution >= 0.6 is 0 Å². The number of likely N-dealkylation sites (N-methyl/N-ethyl adjacent to an activating group) is 1. The Morgan fingerprint density at radius 2 is 1.84 bits per heavy atom. The Morgan fingerprint density at radius 1 is 1.12 bits per heavy atom. The van der Waals surface area contributed by atoms with Crippen LogP contribution in [0.15, 0.2) is 48.5 Å². The molecule has 0 radical (unpaired) electrons. The minimum Gasteiger partial charge on any atom is -0.494 e. The van der Waals surface area contributed by atoms with Crippen LogP contribution in [0.25, 0.3) is 0 Å². The van der Waals surface area contributed by atoms with Crippen molar-refractivity contribution in [2.75, 3.05) is 20.7 Å². The van der Waals surface area contributed by atoms with Crippen molar-refractivity contribution in [2.24, 2.45) is 0 Å². The molecule has 132 valence electrons. The lowest BCUT2D eigenvalue weighted by Gasteiger charge is -2.14. The Hall–Kier alpha value is -2.93. The van der Waals surface area contributed by atoms with Crippen LogP contribution in [0.5, 0.6) is 5.75 Å². The summed E-state index contributed by atoms with van der Waals surface area (Å²) in [6.45, 7) is 0.587. The van der Waals surface area contributed by atoms with Crippen molar-refractivity contribution in [3.05, 3.63) is 65.5 Å². The van der Waals surface area contributed by atoms with Crippen LogP contribution < -0.4 is 20.5 Å². The second-order valence-electron chi connectivity index (χ2n) is 5.65. The Kier molecular flexibility index (Phi) is 6.47. The van der Waals surface area contributed by atoms with Gasteiger partial charge in [0.25, 0.3) is 11.8 Å². The summed E-state index contributed by atoms with van der Waals surface area (Å²) < 4.78 is 18.5. The lowest BCUT2D eigenvalue weighted by molar-refractivity contribution is -0.885. The van der Waals surface area contributed by atoms with E-state index in [0.29, 0.717) is 12.1 Å². The monoisotopic (exact) mass is 346 g/mol. The molecule has 0 fully saturated rings. The Bertz CT molecular complexity index is 738. The minimum atomic E-state index is -0.438. The summed E-state index contributed by atoms with van der Waals surface area (Å²) in [5.74, 6) is -0.977. The Balaban J connectivity index is 1.80. The highest BCUT2D eigenvalue weighted by Gasteiger charge is 2.13. The maximum atomic E-state index is 13.7. The molecule has 0 aliphatic heterocycles. The zero-order valence-electron chi connectivity index (χ0n) is 14.1. The van der Waals surface area contributed by atoms with Crippen LogP contribution in [0.2, 0.25) is 0 Å². The maximum absolute atomic E-state index is 13.7. The van der Waals surface area contributed by atoms with Gasteiger partial charge in [0.05, 0.1) is 14.2 Å². The van der Waals surface area contributed by atoms with Crippen LogP contribution in [0, 0.1) is 5.82 Å². The van der Waals surface area contributed by atoms with Gasteiger partial charge in [0.2, 0.25) is 0 Å². The van der Waals surface area contributed by atoms with Crippen LogP contribution in [-0.2, 0) is 11.3 Å². The van der Waals surface area contributed by atoms with Crippen molar-refractivity contribution >= 4 is 11.8 Å². The highest BCUT2D eigenvalue weighted by molar-refractivity contribution is 5.95. The molecule has 2 amide bonds. The van der Waals surface area contributed by atoms with Gasteiger partial charge in [0, 0.05) is 11.1 Å². The predicted octanol–water partition coefficient (Wildman–Crippen LogP) is 0.310. The fraction of sp³-hybridized carbons (Fsp3) is 0.222. The van der Waals surface area contributed by atoms with Crippen molar-refractivity contribution in [1.82, 2.24) is 10.9 Å². The van der Waals surface area contributed by atoms with E-state index in [9.17, 15) is 14.0 Å². The number of benzene rings is 2. The number of quaternary nitrogens is 1. The average molecular weight is 346 g/mol. The van der Waals surface area contributed by atoms with Crippen LogP contribution in [0.3, 0.4) is 0 Å². The van der Waals surface area contributed by atoms with Crippen molar-refractivity contribution in [3.63, 3.8) is 0 Å². The molecule has 6 nitrogen and oxygen atoms in total. The molecule has 0 heterocycles. The normalized spacial score (nSPS) is 11.5. The first-order chi connectivity index (χ1) is 12.0. The van der Waals surface area contributed by atoms with Gasteiger partial charge in [0.15, 0.2) is 18.1 Å². The molecular formula is C18H21FN3O3+. The van der Waals surface area contributed by atoms with E-state index in [0.717, 1.165) is 10.5 Å². The maximum Gasteiger partial charge on any atom is 0.293 e. The second kappa shape index (κ2) is 8.79. The Labute approximate surface area is 145 Å². The van der Waals surface area contributed by atoms with Gasteiger partial charge in [-0.1, -0.05) is 18.2 Å². The fourth-order valence-corrected chi connectivity index (χ4v) is 2.34. The number of ether oxygens (including phenoxy) is 1. The third kappa shape index (κ3) is 5.58. The molecule has 0 saturated carbocycles. The smallest absolute Gasteiger partial charge is 0.293 e. The van der Waals surface area contributed by atoms with Gasteiger partial charge in [-0.25, -0.2) is 4.39 Å². The van der Waals surface area contributed by atoms with E-state index in [1.807, 2.05) is 0 Å². The summed E-state index contributed by atoms with van der Waals surface area (Å²) in [6, 6.07) is 13.3. The molecule has 7 heteroatoms. The van der Waals surface area contributed by atoms with Crippen molar-refractivity contribution < 1.29 is 23.6 Å². The van der Waals surface area contributed by atoms with Crippen molar-refractivity contribution in [3.8, 4) is 5.75 Å². The Morgan fingerprint density at radius 3 is 2.48 bits per heavy atom. The first kappa shape index (κ1) is 18.4. The largest absolute Gasteiger partial charge is 0.494 e. The molecule has 2 aromatic rings. The molecule has 1 atom stereocenters. The third-order valence-electron chi connectivity index (χ3n) is 3.54. The second-order valence-corrected chi connectivity index (χ2v) is 5.65. The van der Waals surface area contributed by atoms with Crippen LogP contribution in [-0.4, -0.2) is 32.5 Å². The summed E-state index contributed by atoms with van der Waals surface area (Å²) >= 11 is 0. The molecule has 0 spiro atoms. The van der Waals surface area contributed by atoms with Crippen LogP contribution in [0.4, 0.5) is 4.39 Å². The zero-order chi connectivity index (χ0) is 18.2. The van der Waals surface area contributed by atoms with Gasteiger partial charge < -0.3 is 9.64 Å². The van der Waals surface area contributed by atoms with Gasteiger partial charge in [-0.15, -0.1) is 0 Å². The molecule has 2 aromatic carbocycles. The lowest BCUT2D eigenvalue weighted by atomic mass is 10.2. The number of nitrogens with one attached hydrogen (secondary N) is 3. The summed E-state index contributed by atoms with van der Waals surface area (Å²) in [4.78, 5) is 24.6. The molecule has 3 N–H and O–H groups in total. The van der Waals surface area contributed by atoms with Crippen molar-refractivity contribution in [1.29, 1.82) is 0 Å². The molecule has 25 heavy (non-hydrogen) atoms. The number of hydrogen-bond acceptors (Lipinski definition) is 3. The number of rotatable bonds is 6. The van der Waals surface area contributed by atoms with Gasteiger partial charge >= 0.3 is 0 Å². The summed E-state index contributed by atoms with van der Waals surface area (Å²) in [7, 11) is 3.21. The average Bonchev–Trinajstić information content (AvgIpc) is 2.60. The number of hydrazine groups is 1. The lowest BCUT2D eigenvalue weighted by Crippen LogP contribution is -3.09. The summed E-state index contributed by atoms with van der Waals surface area (Å²) in [5.41, 5.74) is 5.94. The molecule has 1 unspecified atom stereocenters. The number of carbonyl (C=O) groups is 2. The molecule has 0 aromatic heterocycles. The van der Waals surface area contributed by atoms with E-state index in [1.165, 1.54) is 13.2 Å².